The summed E-state index contributed by atoms with van der Waals surface area (Å²) in [4.78, 5) is 4.51. The number of hydrogen-bond acceptors (Lipinski definition) is 5. The molecule has 24 heavy (non-hydrogen) atoms. The van der Waals surface area contributed by atoms with Gasteiger partial charge in [-0.05, 0) is 50.4 Å². The van der Waals surface area contributed by atoms with E-state index in [0.717, 1.165) is 43.9 Å². The second-order valence-corrected chi connectivity index (χ2v) is 7.87. The molecule has 2 aliphatic rings. The zero-order valence-electron chi connectivity index (χ0n) is 15.1. The van der Waals surface area contributed by atoms with Crippen molar-refractivity contribution >= 4 is 0 Å². The first kappa shape index (κ1) is 17.9. The lowest BCUT2D eigenvalue weighted by Gasteiger charge is -2.39. The number of hydrogen-bond donors (Lipinski definition) is 2. The van der Waals surface area contributed by atoms with Crippen molar-refractivity contribution in [1.29, 1.82) is 0 Å². The molecule has 1 aromatic rings. The van der Waals surface area contributed by atoms with Crippen LogP contribution < -0.4 is 5.32 Å². The average Bonchev–Trinajstić information content (AvgIpc) is 3.11. The summed E-state index contributed by atoms with van der Waals surface area (Å²) in [5.41, 5.74) is 0.340. The van der Waals surface area contributed by atoms with E-state index in [2.05, 4.69) is 22.4 Å². The lowest BCUT2D eigenvalue weighted by Crippen LogP contribution is -2.42. The predicted molar refractivity (Wildman–Crippen MR) is 93.9 cm³/mol. The van der Waals surface area contributed by atoms with Crippen molar-refractivity contribution in [2.45, 2.75) is 89.5 Å². The molecule has 0 atom stereocenters. The van der Waals surface area contributed by atoms with Crippen molar-refractivity contribution in [1.82, 2.24) is 15.5 Å². The van der Waals surface area contributed by atoms with E-state index in [1.54, 1.807) is 0 Å². The summed E-state index contributed by atoms with van der Waals surface area (Å²) in [7, 11) is 0. The molecule has 0 spiro atoms. The summed E-state index contributed by atoms with van der Waals surface area (Å²) in [6.07, 6.45) is 13.0. The maximum Gasteiger partial charge on any atom is 0.229 e. The Balaban J connectivity index is 1.46. The second-order valence-electron chi connectivity index (χ2n) is 7.87. The summed E-state index contributed by atoms with van der Waals surface area (Å²) in [5, 5.41) is 17.3. The molecule has 3 rings (SSSR count). The van der Waals surface area contributed by atoms with Crippen molar-refractivity contribution in [3.05, 3.63) is 11.7 Å². The summed E-state index contributed by atoms with van der Waals surface area (Å²) in [6, 6.07) is 0.604. The molecular weight excluding hydrogens is 302 g/mol. The van der Waals surface area contributed by atoms with Crippen molar-refractivity contribution in [2.75, 3.05) is 13.2 Å². The van der Waals surface area contributed by atoms with E-state index in [0.29, 0.717) is 24.0 Å². The SMILES string of the molecule is CCc1noc(C2CCC(NCC3(CCO)CCCCC3)CC2)n1. The Bertz CT molecular complexity index is 483. The first-order chi connectivity index (χ1) is 11.7. The molecule has 0 radical (unpaired) electrons. The van der Waals surface area contributed by atoms with Crippen LogP contribution in [0.15, 0.2) is 4.52 Å². The molecule has 136 valence electrons. The van der Waals surface area contributed by atoms with Gasteiger partial charge in [-0.15, -0.1) is 0 Å². The number of aliphatic hydroxyl groups is 1. The number of aliphatic hydroxyl groups excluding tert-OH is 1. The summed E-state index contributed by atoms with van der Waals surface area (Å²) >= 11 is 0. The number of aromatic nitrogens is 2. The Morgan fingerprint density at radius 2 is 1.92 bits per heavy atom. The number of nitrogens with zero attached hydrogens (tertiary/aromatic N) is 2. The molecule has 5 nitrogen and oxygen atoms in total. The maximum absolute atomic E-state index is 9.45. The van der Waals surface area contributed by atoms with Gasteiger partial charge in [0.1, 0.15) is 0 Å². The third-order valence-corrected chi connectivity index (χ3v) is 6.20. The topological polar surface area (TPSA) is 71.2 Å². The molecule has 0 amide bonds. The lowest BCUT2D eigenvalue weighted by molar-refractivity contribution is 0.118. The second kappa shape index (κ2) is 8.43. The van der Waals surface area contributed by atoms with E-state index >= 15 is 0 Å². The first-order valence-electron chi connectivity index (χ1n) is 9.91. The molecule has 1 heterocycles. The van der Waals surface area contributed by atoms with E-state index in [1.807, 2.05) is 0 Å². The van der Waals surface area contributed by atoms with Gasteiger partial charge < -0.3 is 14.9 Å². The van der Waals surface area contributed by atoms with Crippen LogP contribution in [-0.2, 0) is 6.42 Å². The van der Waals surface area contributed by atoms with Crippen LogP contribution in [0.1, 0.15) is 88.8 Å². The minimum atomic E-state index is 0.325. The normalized spacial score (nSPS) is 27.2. The summed E-state index contributed by atoms with van der Waals surface area (Å²) in [6.45, 7) is 3.46. The molecule has 5 heteroatoms. The number of aryl methyl sites for hydroxylation is 1. The van der Waals surface area contributed by atoms with Crippen LogP contribution in [0.25, 0.3) is 0 Å². The van der Waals surface area contributed by atoms with E-state index in [-0.39, 0.29) is 0 Å². The largest absolute Gasteiger partial charge is 0.396 e. The molecule has 2 fully saturated rings. The Morgan fingerprint density at radius 3 is 2.54 bits per heavy atom. The zero-order chi connectivity index (χ0) is 16.8. The van der Waals surface area contributed by atoms with Gasteiger partial charge in [0.25, 0.3) is 0 Å². The highest BCUT2D eigenvalue weighted by atomic mass is 16.5. The van der Waals surface area contributed by atoms with Gasteiger partial charge in [-0.3, -0.25) is 0 Å². The molecule has 2 saturated carbocycles. The van der Waals surface area contributed by atoms with Crippen molar-refractivity contribution in [3.63, 3.8) is 0 Å². The number of nitrogens with one attached hydrogen (secondary N) is 1. The Hall–Kier alpha value is -0.940. The van der Waals surface area contributed by atoms with E-state index in [1.165, 1.54) is 44.9 Å². The molecule has 2 N–H and O–H groups in total. The van der Waals surface area contributed by atoms with Gasteiger partial charge in [0.15, 0.2) is 5.82 Å². The zero-order valence-corrected chi connectivity index (χ0v) is 15.1. The van der Waals surface area contributed by atoms with Gasteiger partial charge in [-0.2, -0.15) is 4.98 Å². The van der Waals surface area contributed by atoms with Crippen LogP contribution in [0, 0.1) is 5.41 Å². The molecule has 0 unspecified atom stereocenters. The van der Waals surface area contributed by atoms with Gasteiger partial charge in [-0.25, -0.2) is 0 Å². The van der Waals surface area contributed by atoms with Crippen LogP contribution in [0.5, 0.6) is 0 Å². The predicted octanol–water partition coefficient (Wildman–Crippen LogP) is 3.58. The fourth-order valence-electron chi connectivity index (χ4n) is 4.54. The first-order valence-corrected chi connectivity index (χ1v) is 9.91. The van der Waals surface area contributed by atoms with Crippen LogP contribution in [0.3, 0.4) is 0 Å². The third kappa shape index (κ3) is 4.37. The lowest BCUT2D eigenvalue weighted by atomic mass is 9.71. The standard InChI is InChI=1S/C19H33N3O2/c1-2-17-21-18(24-22-17)15-6-8-16(9-7-15)20-14-19(12-13-23)10-4-3-5-11-19/h15-16,20,23H,2-14H2,1H3. The Morgan fingerprint density at radius 1 is 1.17 bits per heavy atom. The highest BCUT2D eigenvalue weighted by Gasteiger charge is 2.33. The van der Waals surface area contributed by atoms with E-state index < -0.39 is 0 Å². The highest BCUT2D eigenvalue weighted by Crippen LogP contribution is 2.39. The molecule has 2 aliphatic carbocycles. The highest BCUT2D eigenvalue weighted by molar-refractivity contribution is 4.97. The van der Waals surface area contributed by atoms with Gasteiger partial charge in [0.05, 0.1) is 0 Å². The van der Waals surface area contributed by atoms with Gasteiger partial charge in [0, 0.05) is 31.5 Å². The minimum Gasteiger partial charge on any atom is -0.396 e. The molecule has 0 bridgehead atoms. The summed E-state index contributed by atoms with van der Waals surface area (Å²) in [5.74, 6) is 2.11. The smallest absolute Gasteiger partial charge is 0.229 e. The van der Waals surface area contributed by atoms with Gasteiger partial charge in [-0.1, -0.05) is 31.3 Å². The van der Waals surface area contributed by atoms with Crippen molar-refractivity contribution in [3.8, 4) is 0 Å². The van der Waals surface area contributed by atoms with E-state index in [9.17, 15) is 5.11 Å². The van der Waals surface area contributed by atoms with Gasteiger partial charge >= 0.3 is 0 Å². The van der Waals surface area contributed by atoms with Crippen LogP contribution >= 0.6 is 0 Å². The van der Waals surface area contributed by atoms with Crippen molar-refractivity contribution in [2.24, 2.45) is 5.41 Å². The van der Waals surface area contributed by atoms with Crippen LogP contribution in [-0.4, -0.2) is 34.4 Å². The fourth-order valence-corrected chi connectivity index (χ4v) is 4.54. The Labute approximate surface area is 145 Å². The molecule has 0 aromatic carbocycles. The van der Waals surface area contributed by atoms with Crippen molar-refractivity contribution < 1.29 is 9.63 Å². The van der Waals surface area contributed by atoms with E-state index in [4.69, 9.17) is 4.52 Å². The van der Waals surface area contributed by atoms with Crippen LogP contribution in [0.4, 0.5) is 0 Å². The maximum atomic E-state index is 9.45. The van der Waals surface area contributed by atoms with Crippen LogP contribution in [0.2, 0.25) is 0 Å². The molecule has 0 aliphatic heterocycles. The summed E-state index contributed by atoms with van der Waals surface area (Å²) < 4.78 is 5.42. The minimum absolute atomic E-state index is 0.325. The quantitative estimate of drug-likeness (QED) is 0.797. The molecule has 0 saturated heterocycles. The average molecular weight is 335 g/mol. The number of rotatable bonds is 7. The fraction of sp³-hybridized carbons (Fsp3) is 0.895. The van der Waals surface area contributed by atoms with Gasteiger partial charge in [0.2, 0.25) is 5.89 Å². The Kier molecular flexibility index (Phi) is 6.28. The molecular formula is C19H33N3O2. The monoisotopic (exact) mass is 335 g/mol. The molecule has 1 aromatic heterocycles. The third-order valence-electron chi connectivity index (χ3n) is 6.20.